The zero-order valence-corrected chi connectivity index (χ0v) is 12.3. The van der Waals surface area contributed by atoms with Gasteiger partial charge in [-0.15, -0.1) is 0 Å². The van der Waals surface area contributed by atoms with E-state index >= 15 is 0 Å². The summed E-state index contributed by atoms with van der Waals surface area (Å²) in [5.74, 6) is 1.43. The van der Waals surface area contributed by atoms with E-state index in [1.807, 2.05) is 20.8 Å². The Balaban J connectivity index is 3.13. The summed E-state index contributed by atoms with van der Waals surface area (Å²) >= 11 is 0. The molecular formula is C14H21NO4. The Morgan fingerprint density at radius 1 is 1.00 bits per heavy atom. The molecule has 0 bridgehead atoms. The van der Waals surface area contributed by atoms with Gasteiger partial charge in [-0.1, -0.05) is 20.8 Å². The normalized spacial score (nSPS) is 10.8. The van der Waals surface area contributed by atoms with Crippen molar-refractivity contribution < 1.29 is 19.0 Å². The zero-order chi connectivity index (χ0) is 14.6. The molecule has 0 aliphatic heterocycles. The van der Waals surface area contributed by atoms with E-state index in [-0.39, 0.29) is 5.91 Å². The Morgan fingerprint density at radius 2 is 1.47 bits per heavy atom. The van der Waals surface area contributed by atoms with E-state index in [1.54, 1.807) is 12.1 Å². The number of methoxy groups -OCH3 is 3. The summed E-state index contributed by atoms with van der Waals surface area (Å²) < 4.78 is 15.7. The van der Waals surface area contributed by atoms with Gasteiger partial charge < -0.3 is 19.5 Å². The van der Waals surface area contributed by atoms with Gasteiger partial charge in [-0.25, -0.2) is 0 Å². The molecule has 0 saturated heterocycles. The Labute approximate surface area is 113 Å². The van der Waals surface area contributed by atoms with Crippen LogP contribution in [0, 0.1) is 5.41 Å². The number of rotatable bonds is 4. The lowest BCUT2D eigenvalue weighted by molar-refractivity contribution is -0.123. The molecule has 1 amide bonds. The third-order valence-electron chi connectivity index (χ3n) is 2.60. The molecule has 0 fully saturated rings. The predicted octanol–water partition coefficient (Wildman–Crippen LogP) is 2.70. The summed E-state index contributed by atoms with van der Waals surface area (Å²) in [6.45, 7) is 5.54. The molecule has 0 aliphatic carbocycles. The fourth-order valence-electron chi connectivity index (χ4n) is 1.47. The van der Waals surface area contributed by atoms with Gasteiger partial charge in [-0.2, -0.15) is 0 Å². The first kappa shape index (κ1) is 15.1. The highest BCUT2D eigenvalue weighted by Gasteiger charge is 2.22. The topological polar surface area (TPSA) is 56.8 Å². The van der Waals surface area contributed by atoms with Gasteiger partial charge in [0, 0.05) is 23.2 Å². The average Bonchev–Trinajstić information content (AvgIpc) is 2.36. The molecule has 19 heavy (non-hydrogen) atoms. The highest BCUT2D eigenvalue weighted by atomic mass is 16.5. The van der Waals surface area contributed by atoms with Crippen LogP contribution in [0.2, 0.25) is 0 Å². The second-order valence-corrected chi connectivity index (χ2v) is 5.12. The van der Waals surface area contributed by atoms with Crippen LogP contribution in [0.15, 0.2) is 12.1 Å². The van der Waals surface area contributed by atoms with Crippen molar-refractivity contribution in [2.24, 2.45) is 5.41 Å². The average molecular weight is 267 g/mol. The van der Waals surface area contributed by atoms with Gasteiger partial charge in [0.1, 0.15) is 0 Å². The summed E-state index contributed by atoms with van der Waals surface area (Å²) in [6, 6.07) is 3.40. The minimum Gasteiger partial charge on any atom is -0.493 e. The molecule has 0 radical (unpaired) electrons. The lowest BCUT2D eigenvalue weighted by Crippen LogP contribution is -2.27. The predicted molar refractivity (Wildman–Crippen MR) is 74.2 cm³/mol. The maximum atomic E-state index is 12.0. The number of hydrogen-bond acceptors (Lipinski definition) is 4. The molecule has 0 unspecified atom stereocenters. The molecule has 0 heterocycles. The zero-order valence-electron chi connectivity index (χ0n) is 12.3. The van der Waals surface area contributed by atoms with Crippen molar-refractivity contribution in [2.75, 3.05) is 26.6 Å². The third kappa shape index (κ3) is 3.53. The molecule has 5 nitrogen and oxygen atoms in total. The van der Waals surface area contributed by atoms with Gasteiger partial charge in [0.2, 0.25) is 11.7 Å². The summed E-state index contributed by atoms with van der Waals surface area (Å²) in [4.78, 5) is 12.0. The minimum absolute atomic E-state index is 0.0817. The molecule has 0 atom stereocenters. The molecule has 1 N–H and O–H groups in total. The SMILES string of the molecule is COc1cc(NC(=O)C(C)(C)C)cc(OC)c1OC. The number of hydrogen-bond donors (Lipinski definition) is 1. The fourth-order valence-corrected chi connectivity index (χ4v) is 1.47. The second-order valence-electron chi connectivity index (χ2n) is 5.12. The molecule has 1 rings (SSSR count). The number of nitrogens with one attached hydrogen (secondary N) is 1. The Bertz CT molecular complexity index is 438. The van der Waals surface area contributed by atoms with Crippen molar-refractivity contribution in [3.8, 4) is 17.2 Å². The molecule has 0 spiro atoms. The van der Waals surface area contributed by atoms with Crippen LogP contribution < -0.4 is 19.5 Å². The molecule has 106 valence electrons. The summed E-state index contributed by atoms with van der Waals surface area (Å²) in [6.07, 6.45) is 0. The van der Waals surface area contributed by atoms with Crippen LogP contribution in [-0.4, -0.2) is 27.2 Å². The van der Waals surface area contributed by atoms with Crippen LogP contribution in [0.3, 0.4) is 0 Å². The van der Waals surface area contributed by atoms with E-state index in [4.69, 9.17) is 14.2 Å². The highest BCUT2D eigenvalue weighted by molar-refractivity contribution is 5.95. The molecule has 5 heteroatoms. The van der Waals surface area contributed by atoms with Crippen LogP contribution >= 0.6 is 0 Å². The van der Waals surface area contributed by atoms with E-state index in [0.717, 1.165) is 0 Å². The van der Waals surface area contributed by atoms with E-state index in [9.17, 15) is 4.79 Å². The van der Waals surface area contributed by atoms with E-state index in [2.05, 4.69) is 5.32 Å². The largest absolute Gasteiger partial charge is 0.493 e. The van der Waals surface area contributed by atoms with Crippen molar-refractivity contribution >= 4 is 11.6 Å². The maximum absolute atomic E-state index is 12.0. The molecule has 1 aromatic rings. The number of benzene rings is 1. The first-order chi connectivity index (χ1) is 8.83. The summed E-state index contributed by atoms with van der Waals surface area (Å²) in [7, 11) is 4.60. The Kier molecular flexibility index (Phi) is 4.64. The summed E-state index contributed by atoms with van der Waals surface area (Å²) in [5, 5.41) is 2.83. The van der Waals surface area contributed by atoms with E-state index in [0.29, 0.717) is 22.9 Å². The van der Waals surface area contributed by atoms with Gasteiger partial charge in [0.05, 0.1) is 21.3 Å². The van der Waals surface area contributed by atoms with Crippen molar-refractivity contribution in [1.82, 2.24) is 0 Å². The Morgan fingerprint density at radius 3 is 1.79 bits per heavy atom. The first-order valence-electron chi connectivity index (χ1n) is 5.95. The van der Waals surface area contributed by atoms with Crippen molar-refractivity contribution in [3.63, 3.8) is 0 Å². The van der Waals surface area contributed by atoms with Gasteiger partial charge in [-0.3, -0.25) is 4.79 Å². The maximum Gasteiger partial charge on any atom is 0.229 e. The van der Waals surface area contributed by atoms with Gasteiger partial charge >= 0.3 is 0 Å². The van der Waals surface area contributed by atoms with Crippen LogP contribution in [-0.2, 0) is 4.79 Å². The van der Waals surface area contributed by atoms with Crippen LogP contribution in [0.4, 0.5) is 5.69 Å². The Hall–Kier alpha value is -1.91. The smallest absolute Gasteiger partial charge is 0.229 e. The number of carbonyl (C=O) groups excluding carboxylic acids is 1. The molecular weight excluding hydrogens is 246 g/mol. The van der Waals surface area contributed by atoms with Crippen LogP contribution in [0.25, 0.3) is 0 Å². The summed E-state index contributed by atoms with van der Waals surface area (Å²) in [5.41, 5.74) is 0.134. The quantitative estimate of drug-likeness (QED) is 0.911. The fraction of sp³-hybridized carbons (Fsp3) is 0.500. The second kappa shape index (κ2) is 5.82. The van der Waals surface area contributed by atoms with Crippen molar-refractivity contribution in [2.45, 2.75) is 20.8 Å². The third-order valence-corrected chi connectivity index (χ3v) is 2.60. The van der Waals surface area contributed by atoms with Crippen LogP contribution in [0.5, 0.6) is 17.2 Å². The minimum atomic E-state index is -0.472. The number of carbonyl (C=O) groups is 1. The number of amides is 1. The van der Waals surface area contributed by atoms with Gasteiger partial charge in [-0.05, 0) is 0 Å². The van der Waals surface area contributed by atoms with Crippen molar-refractivity contribution in [1.29, 1.82) is 0 Å². The molecule has 1 aromatic carbocycles. The monoisotopic (exact) mass is 267 g/mol. The number of anilines is 1. The lowest BCUT2D eigenvalue weighted by Gasteiger charge is -2.19. The first-order valence-corrected chi connectivity index (χ1v) is 5.95. The highest BCUT2D eigenvalue weighted by Crippen LogP contribution is 2.40. The molecule has 0 aromatic heterocycles. The van der Waals surface area contributed by atoms with E-state index < -0.39 is 5.41 Å². The van der Waals surface area contributed by atoms with Crippen molar-refractivity contribution in [3.05, 3.63) is 12.1 Å². The lowest BCUT2D eigenvalue weighted by atomic mass is 9.95. The van der Waals surface area contributed by atoms with E-state index in [1.165, 1.54) is 21.3 Å². The standard InChI is InChI=1S/C14H21NO4/c1-14(2,3)13(16)15-9-7-10(17-4)12(19-6)11(8-9)18-5/h7-8H,1-6H3,(H,15,16). The van der Waals surface area contributed by atoms with Crippen LogP contribution in [0.1, 0.15) is 20.8 Å². The molecule has 0 saturated carbocycles. The number of ether oxygens (including phenoxy) is 3. The molecule has 0 aliphatic rings. The van der Waals surface area contributed by atoms with Gasteiger partial charge in [0.15, 0.2) is 11.5 Å². The van der Waals surface area contributed by atoms with Gasteiger partial charge in [0.25, 0.3) is 0 Å².